The Labute approximate surface area is 103 Å². The number of rotatable bonds is 5. The van der Waals surface area contributed by atoms with E-state index in [2.05, 4.69) is 0 Å². The summed E-state index contributed by atoms with van der Waals surface area (Å²) in [5.74, 6) is 0.0774. The second-order valence-electron chi connectivity index (χ2n) is 4.22. The van der Waals surface area contributed by atoms with E-state index >= 15 is 0 Å². The summed E-state index contributed by atoms with van der Waals surface area (Å²) in [7, 11) is 0. The van der Waals surface area contributed by atoms with E-state index in [1.165, 1.54) is 6.42 Å². The lowest BCUT2D eigenvalue weighted by molar-refractivity contribution is -0.136. The van der Waals surface area contributed by atoms with Gasteiger partial charge in [0.05, 0.1) is 12.6 Å². The van der Waals surface area contributed by atoms with Crippen LogP contribution in [0, 0.1) is 0 Å². The lowest BCUT2D eigenvalue weighted by Gasteiger charge is -2.36. The first kappa shape index (κ1) is 13.8. The van der Waals surface area contributed by atoms with Crippen molar-refractivity contribution in [3.63, 3.8) is 0 Å². The molecule has 1 saturated heterocycles. The van der Waals surface area contributed by atoms with Crippen LogP contribution in [0.1, 0.15) is 39.5 Å². The van der Waals surface area contributed by atoms with Crippen LogP contribution < -0.4 is 0 Å². The van der Waals surface area contributed by atoms with Gasteiger partial charge in [-0.15, -0.1) is 11.6 Å². The molecule has 1 heterocycles. The van der Waals surface area contributed by atoms with Gasteiger partial charge >= 0.3 is 0 Å². The Morgan fingerprint density at radius 3 is 2.88 bits per heavy atom. The van der Waals surface area contributed by atoms with E-state index < -0.39 is 0 Å². The van der Waals surface area contributed by atoms with Gasteiger partial charge in [-0.25, -0.2) is 0 Å². The van der Waals surface area contributed by atoms with Crippen LogP contribution in [0.2, 0.25) is 0 Å². The summed E-state index contributed by atoms with van der Waals surface area (Å²) in [5, 5.41) is -0.373. The lowest BCUT2D eigenvalue weighted by Crippen LogP contribution is -2.48. The van der Waals surface area contributed by atoms with Gasteiger partial charge in [0.2, 0.25) is 5.91 Å². The van der Waals surface area contributed by atoms with Crippen molar-refractivity contribution in [3.8, 4) is 0 Å². The molecule has 94 valence electrons. The smallest absolute Gasteiger partial charge is 0.240 e. The van der Waals surface area contributed by atoms with Crippen LogP contribution in [0.3, 0.4) is 0 Å². The van der Waals surface area contributed by atoms with Crippen molar-refractivity contribution in [2.75, 3.05) is 19.8 Å². The van der Waals surface area contributed by atoms with E-state index in [1.807, 2.05) is 18.7 Å². The van der Waals surface area contributed by atoms with Gasteiger partial charge in [0, 0.05) is 13.2 Å². The Hall–Kier alpha value is -0.280. The molecule has 1 fully saturated rings. The molecule has 1 aliphatic heterocycles. The number of likely N-dealkylation sites (tertiary alicyclic amines) is 1. The highest BCUT2D eigenvalue weighted by atomic mass is 35.5. The highest BCUT2D eigenvalue weighted by Crippen LogP contribution is 2.20. The van der Waals surface area contributed by atoms with Gasteiger partial charge in [-0.1, -0.05) is 6.92 Å². The normalized spacial score (nSPS) is 23.2. The first-order chi connectivity index (χ1) is 7.70. The zero-order chi connectivity index (χ0) is 12.0. The number of halogens is 1. The third-order valence-corrected chi connectivity index (χ3v) is 3.55. The van der Waals surface area contributed by atoms with Crippen molar-refractivity contribution in [1.82, 2.24) is 4.90 Å². The molecule has 1 rings (SSSR count). The number of piperidine rings is 1. The third-order valence-electron chi connectivity index (χ3n) is 3.05. The van der Waals surface area contributed by atoms with Gasteiger partial charge in [0.1, 0.15) is 5.38 Å². The second kappa shape index (κ2) is 7.13. The molecular weight excluding hydrogens is 226 g/mol. The summed E-state index contributed by atoms with van der Waals surface area (Å²) >= 11 is 6.02. The quantitative estimate of drug-likeness (QED) is 0.699. The van der Waals surface area contributed by atoms with Gasteiger partial charge in [-0.2, -0.15) is 0 Å². The van der Waals surface area contributed by atoms with Gasteiger partial charge in [-0.3, -0.25) is 4.79 Å². The van der Waals surface area contributed by atoms with Crippen molar-refractivity contribution in [2.24, 2.45) is 0 Å². The molecule has 0 radical (unpaired) electrons. The van der Waals surface area contributed by atoms with Crippen molar-refractivity contribution in [2.45, 2.75) is 50.9 Å². The minimum atomic E-state index is -0.373. The summed E-state index contributed by atoms with van der Waals surface area (Å²) in [6.07, 6.45) is 4.00. The maximum absolute atomic E-state index is 12.0. The third kappa shape index (κ3) is 3.63. The first-order valence-corrected chi connectivity index (χ1v) is 6.66. The maximum Gasteiger partial charge on any atom is 0.240 e. The van der Waals surface area contributed by atoms with Crippen LogP contribution in [0.4, 0.5) is 0 Å². The number of ether oxygens (including phenoxy) is 1. The highest BCUT2D eigenvalue weighted by molar-refractivity contribution is 6.30. The van der Waals surface area contributed by atoms with Crippen molar-refractivity contribution < 1.29 is 9.53 Å². The molecule has 0 aromatic carbocycles. The molecule has 0 N–H and O–H groups in total. The number of carbonyl (C=O) groups is 1. The summed E-state index contributed by atoms with van der Waals surface area (Å²) in [5.41, 5.74) is 0. The molecule has 1 amide bonds. The largest absolute Gasteiger partial charge is 0.380 e. The number of hydrogen-bond acceptors (Lipinski definition) is 2. The number of nitrogens with zero attached hydrogens (tertiary/aromatic N) is 1. The molecule has 0 saturated carbocycles. The number of alkyl halides is 1. The zero-order valence-corrected chi connectivity index (χ0v) is 11.0. The molecule has 0 bridgehead atoms. The van der Waals surface area contributed by atoms with Gasteiger partial charge < -0.3 is 9.64 Å². The Balaban J connectivity index is 2.55. The fourth-order valence-electron chi connectivity index (χ4n) is 2.07. The van der Waals surface area contributed by atoms with E-state index in [1.54, 1.807) is 0 Å². The molecule has 0 aliphatic carbocycles. The molecule has 0 unspecified atom stereocenters. The first-order valence-electron chi connectivity index (χ1n) is 6.23. The van der Waals surface area contributed by atoms with E-state index in [-0.39, 0.29) is 17.3 Å². The van der Waals surface area contributed by atoms with Crippen LogP contribution in [0.15, 0.2) is 0 Å². The molecule has 0 aromatic rings. The Morgan fingerprint density at radius 2 is 2.25 bits per heavy atom. The van der Waals surface area contributed by atoms with Gasteiger partial charge in [0.15, 0.2) is 0 Å². The molecule has 3 nitrogen and oxygen atoms in total. The minimum Gasteiger partial charge on any atom is -0.380 e. The van der Waals surface area contributed by atoms with Crippen molar-refractivity contribution >= 4 is 17.5 Å². The van der Waals surface area contributed by atoms with Crippen LogP contribution in [-0.4, -0.2) is 42.0 Å². The van der Waals surface area contributed by atoms with Crippen LogP contribution in [-0.2, 0) is 9.53 Å². The summed E-state index contributed by atoms with van der Waals surface area (Å²) in [6, 6.07) is 0.231. The average Bonchev–Trinajstić information content (AvgIpc) is 2.34. The van der Waals surface area contributed by atoms with Crippen molar-refractivity contribution in [3.05, 3.63) is 0 Å². The minimum absolute atomic E-state index is 0.0774. The Morgan fingerprint density at radius 1 is 1.50 bits per heavy atom. The molecule has 0 spiro atoms. The predicted molar refractivity (Wildman–Crippen MR) is 65.8 cm³/mol. The second-order valence-corrected chi connectivity index (χ2v) is 4.74. The van der Waals surface area contributed by atoms with E-state index in [4.69, 9.17) is 16.3 Å². The summed E-state index contributed by atoms with van der Waals surface area (Å²) < 4.78 is 5.43. The SMILES string of the molecule is CCOC[C@H]1CCCCN1C(=O)[C@@H](Cl)CC. The topological polar surface area (TPSA) is 29.5 Å². The number of carbonyl (C=O) groups excluding carboxylic acids is 1. The van der Waals surface area contributed by atoms with Crippen molar-refractivity contribution in [1.29, 1.82) is 0 Å². The molecular formula is C12H22ClNO2. The predicted octanol–water partition coefficient (Wildman–Crippen LogP) is 2.42. The van der Waals surface area contributed by atoms with Crippen LogP contribution in [0.25, 0.3) is 0 Å². The van der Waals surface area contributed by atoms with Gasteiger partial charge in [0.25, 0.3) is 0 Å². The molecule has 1 aliphatic rings. The fourth-order valence-corrected chi connectivity index (χ4v) is 2.20. The van der Waals surface area contributed by atoms with Crippen LogP contribution in [0.5, 0.6) is 0 Å². The van der Waals surface area contributed by atoms with Gasteiger partial charge in [-0.05, 0) is 32.6 Å². The molecule has 16 heavy (non-hydrogen) atoms. The average molecular weight is 248 g/mol. The van der Waals surface area contributed by atoms with E-state index in [9.17, 15) is 4.79 Å². The fraction of sp³-hybridized carbons (Fsp3) is 0.917. The van der Waals surface area contributed by atoms with E-state index in [0.29, 0.717) is 19.6 Å². The summed E-state index contributed by atoms with van der Waals surface area (Å²) in [4.78, 5) is 14.0. The molecule has 4 heteroatoms. The van der Waals surface area contributed by atoms with Crippen LogP contribution >= 0.6 is 11.6 Å². The number of amides is 1. The Kier molecular flexibility index (Phi) is 6.14. The zero-order valence-electron chi connectivity index (χ0n) is 10.2. The Bertz CT molecular complexity index is 223. The maximum atomic E-state index is 12.0. The molecule has 0 aromatic heterocycles. The monoisotopic (exact) mass is 247 g/mol. The highest BCUT2D eigenvalue weighted by Gasteiger charge is 2.29. The summed E-state index contributed by atoms with van der Waals surface area (Å²) in [6.45, 7) is 6.11. The standard InChI is InChI=1S/C12H22ClNO2/c1-3-11(13)12(15)14-8-6-5-7-10(14)9-16-4-2/h10-11H,3-9H2,1-2H3/t10-,11+/m1/s1. The molecule has 2 atom stereocenters. The number of hydrogen-bond donors (Lipinski definition) is 0. The van der Waals surface area contributed by atoms with E-state index in [0.717, 1.165) is 19.4 Å². The lowest BCUT2D eigenvalue weighted by atomic mass is 10.0.